The second-order valence-corrected chi connectivity index (χ2v) is 4.63. The molecule has 4 nitrogen and oxygen atoms in total. The molecule has 1 atom stereocenters. The summed E-state index contributed by atoms with van der Waals surface area (Å²) in [5, 5.41) is 2.91. The van der Waals surface area contributed by atoms with E-state index in [1.165, 1.54) is 5.56 Å². The van der Waals surface area contributed by atoms with E-state index in [2.05, 4.69) is 24.4 Å². The summed E-state index contributed by atoms with van der Waals surface area (Å²) >= 11 is 0. The summed E-state index contributed by atoms with van der Waals surface area (Å²) < 4.78 is 10.8. The van der Waals surface area contributed by atoms with Crippen molar-refractivity contribution in [2.45, 2.75) is 33.7 Å². The lowest BCUT2D eigenvalue weighted by Crippen LogP contribution is -2.40. The molecule has 0 heterocycles. The van der Waals surface area contributed by atoms with Crippen LogP contribution in [0.25, 0.3) is 0 Å². The second kappa shape index (κ2) is 7.14. The lowest BCUT2D eigenvalue weighted by molar-refractivity contribution is -0.146. The number of aryl methyl sites for hydroxylation is 3. The number of ether oxygens (including phenoxy) is 2. The summed E-state index contributed by atoms with van der Waals surface area (Å²) in [5.41, 5.74) is 3.37. The Morgan fingerprint density at radius 2 is 1.84 bits per heavy atom. The number of esters is 1. The maximum atomic E-state index is 11.7. The molecule has 0 aliphatic rings. The molecule has 1 unspecified atom stereocenters. The van der Waals surface area contributed by atoms with Gasteiger partial charge >= 0.3 is 5.97 Å². The van der Waals surface area contributed by atoms with Gasteiger partial charge in [0.25, 0.3) is 0 Å². The highest BCUT2D eigenvalue weighted by Crippen LogP contribution is 2.24. The molecule has 1 aromatic rings. The molecule has 1 aromatic carbocycles. The van der Waals surface area contributed by atoms with E-state index in [0.29, 0.717) is 6.61 Å². The normalized spacial score (nSPS) is 12.1. The molecular formula is C15H23NO3. The molecule has 0 saturated carbocycles. The number of benzene rings is 1. The van der Waals surface area contributed by atoms with Crippen LogP contribution in [-0.4, -0.2) is 32.3 Å². The first-order valence-electron chi connectivity index (χ1n) is 6.54. The summed E-state index contributed by atoms with van der Waals surface area (Å²) in [6.45, 7) is 8.50. The quantitative estimate of drug-likeness (QED) is 0.801. The van der Waals surface area contributed by atoms with Crippen molar-refractivity contribution in [1.29, 1.82) is 0 Å². The highest BCUT2D eigenvalue weighted by Gasteiger charge is 2.19. The second-order valence-electron chi connectivity index (χ2n) is 4.63. The highest BCUT2D eigenvalue weighted by molar-refractivity contribution is 5.75. The fourth-order valence-corrected chi connectivity index (χ4v) is 2.07. The van der Waals surface area contributed by atoms with Gasteiger partial charge in [-0.15, -0.1) is 0 Å². The van der Waals surface area contributed by atoms with Crippen molar-refractivity contribution >= 4 is 5.97 Å². The van der Waals surface area contributed by atoms with Crippen LogP contribution in [0.1, 0.15) is 23.6 Å². The number of rotatable bonds is 6. The van der Waals surface area contributed by atoms with Crippen LogP contribution >= 0.6 is 0 Å². The molecule has 0 aromatic heterocycles. The third kappa shape index (κ3) is 4.24. The monoisotopic (exact) mass is 265 g/mol. The van der Waals surface area contributed by atoms with Gasteiger partial charge in [0, 0.05) is 0 Å². The summed E-state index contributed by atoms with van der Waals surface area (Å²) in [6, 6.07) is 3.70. The number of likely N-dealkylation sites (N-methyl/N-ethyl adjacent to an activating group) is 1. The summed E-state index contributed by atoms with van der Waals surface area (Å²) in [4.78, 5) is 11.7. The molecule has 0 fully saturated rings. The Hall–Kier alpha value is -1.55. The number of nitrogens with one attached hydrogen (secondary N) is 1. The van der Waals surface area contributed by atoms with Crippen molar-refractivity contribution in [3.8, 4) is 5.75 Å². The molecule has 0 bridgehead atoms. The smallest absolute Gasteiger partial charge is 0.326 e. The molecule has 0 spiro atoms. The molecule has 0 aliphatic heterocycles. The van der Waals surface area contributed by atoms with Crippen LogP contribution in [0.3, 0.4) is 0 Å². The Bertz CT molecular complexity index is 420. The lowest BCUT2D eigenvalue weighted by Gasteiger charge is -2.18. The van der Waals surface area contributed by atoms with E-state index in [-0.39, 0.29) is 12.6 Å². The van der Waals surface area contributed by atoms with Crippen molar-refractivity contribution in [2.24, 2.45) is 0 Å². The van der Waals surface area contributed by atoms with E-state index in [9.17, 15) is 4.79 Å². The van der Waals surface area contributed by atoms with Crippen LogP contribution in [-0.2, 0) is 9.53 Å². The Labute approximate surface area is 115 Å². The largest absolute Gasteiger partial charge is 0.491 e. The molecule has 0 amide bonds. The standard InChI is InChI=1S/C15H23NO3/c1-6-18-15(17)13(16-5)9-19-14-11(3)7-10(2)8-12(14)4/h7-8,13,16H,6,9H2,1-5H3. The molecule has 1 rings (SSSR count). The van der Waals surface area contributed by atoms with E-state index in [1.54, 1.807) is 14.0 Å². The molecule has 0 saturated heterocycles. The summed E-state index contributed by atoms with van der Waals surface area (Å²) in [7, 11) is 1.72. The lowest BCUT2D eigenvalue weighted by atomic mass is 10.1. The molecule has 4 heteroatoms. The van der Waals surface area contributed by atoms with E-state index in [4.69, 9.17) is 9.47 Å². The van der Waals surface area contributed by atoms with Crippen molar-refractivity contribution in [2.75, 3.05) is 20.3 Å². The molecule has 106 valence electrons. The van der Waals surface area contributed by atoms with Crippen LogP contribution in [0.2, 0.25) is 0 Å². The number of carbonyl (C=O) groups excluding carboxylic acids is 1. The first kappa shape index (κ1) is 15.5. The van der Waals surface area contributed by atoms with Crippen molar-refractivity contribution in [3.63, 3.8) is 0 Å². The maximum Gasteiger partial charge on any atom is 0.326 e. The van der Waals surface area contributed by atoms with Gasteiger partial charge in [0.1, 0.15) is 18.4 Å². The summed E-state index contributed by atoms with van der Waals surface area (Å²) in [5.74, 6) is 0.558. The van der Waals surface area contributed by atoms with Gasteiger partial charge in [0.15, 0.2) is 0 Å². The minimum Gasteiger partial charge on any atom is -0.491 e. The number of hydrogen-bond donors (Lipinski definition) is 1. The van der Waals surface area contributed by atoms with Gasteiger partial charge in [-0.3, -0.25) is 4.79 Å². The molecule has 19 heavy (non-hydrogen) atoms. The topological polar surface area (TPSA) is 47.6 Å². The summed E-state index contributed by atoms with van der Waals surface area (Å²) in [6.07, 6.45) is 0. The minimum absolute atomic E-state index is 0.264. The SMILES string of the molecule is CCOC(=O)C(COc1c(C)cc(C)cc1C)NC. The van der Waals surface area contributed by atoms with E-state index < -0.39 is 6.04 Å². The van der Waals surface area contributed by atoms with Crippen LogP contribution in [0.4, 0.5) is 0 Å². The first-order chi connectivity index (χ1) is 8.99. The Morgan fingerprint density at radius 3 is 2.32 bits per heavy atom. The fourth-order valence-electron chi connectivity index (χ4n) is 2.07. The third-order valence-corrected chi connectivity index (χ3v) is 2.92. The number of carbonyl (C=O) groups is 1. The Morgan fingerprint density at radius 1 is 1.26 bits per heavy atom. The van der Waals surface area contributed by atoms with Crippen LogP contribution in [0, 0.1) is 20.8 Å². The Kier molecular flexibility index (Phi) is 5.83. The molecular weight excluding hydrogens is 242 g/mol. The average Bonchev–Trinajstić information content (AvgIpc) is 2.32. The van der Waals surface area contributed by atoms with Crippen molar-refractivity contribution < 1.29 is 14.3 Å². The Balaban J connectivity index is 2.72. The fraction of sp³-hybridized carbons (Fsp3) is 0.533. The van der Waals surface area contributed by atoms with Crippen LogP contribution in [0.15, 0.2) is 12.1 Å². The zero-order chi connectivity index (χ0) is 14.4. The van der Waals surface area contributed by atoms with Gasteiger partial charge in [-0.05, 0) is 45.9 Å². The van der Waals surface area contributed by atoms with Crippen molar-refractivity contribution in [1.82, 2.24) is 5.32 Å². The van der Waals surface area contributed by atoms with Gasteiger partial charge in [-0.2, -0.15) is 0 Å². The van der Waals surface area contributed by atoms with Crippen molar-refractivity contribution in [3.05, 3.63) is 28.8 Å². The maximum absolute atomic E-state index is 11.7. The number of hydrogen-bond acceptors (Lipinski definition) is 4. The first-order valence-corrected chi connectivity index (χ1v) is 6.54. The van der Waals surface area contributed by atoms with E-state index in [1.807, 2.05) is 13.8 Å². The third-order valence-electron chi connectivity index (χ3n) is 2.92. The molecule has 0 radical (unpaired) electrons. The van der Waals surface area contributed by atoms with Crippen LogP contribution in [0.5, 0.6) is 5.75 Å². The van der Waals surface area contributed by atoms with Gasteiger partial charge in [0.05, 0.1) is 6.61 Å². The zero-order valence-corrected chi connectivity index (χ0v) is 12.4. The van der Waals surface area contributed by atoms with Gasteiger partial charge in [-0.25, -0.2) is 0 Å². The minimum atomic E-state index is -0.444. The molecule has 0 aliphatic carbocycles. The van der Waals surface area contributed by atoms with Gasteiger partial charge < -0.3 is 14.8 Å². The van der Waals surface area contributed by atoms with Gasteiger partial charge in [0.2, 0.25) is 0 Å². The molecule has 1 N–H and O–H groups in total. The van der Waals surface area contributed by atoms with Crippen LogP contribution < -0.4 is 10.1 Å². The predicted molar refractivity (Wildman–Crippen MR) is 75.6 cm³/mol. The van der Waals surface area contributed by atoms with E-state index >= 15 is 0 Å². The van der Waals surface area contributed by atoms with E-state index in [0.717, 1.165) is 16.9 Å². The highest BCUT2D eigenvalue weighted by atomic mass is 16.5. The average molecular weight is 265 g/mol. The predicted octanol–water partition coefficient (Wildman–Crippen LogP) is 2.14. The van der Waals surface area contributed by atoms with Gasteiger partial charge in [-0.1, -0.05) is 17.7 Å². The zero-order valence-electron chi connectivity index (χ0n) is 12.4.